The predicted octanol–water partition coefficient (Wildman–Crippen LogP) is 7.55. The molecule has 0 heterocycles. The van der Waals surface area contributed by atoms with E-state index < -0.39 is 0 Å². The van der Waals surface area contributed by atoms with Gasteiger partial charge in [-0.05, 0) is 62.8 Å². The third kappa shape index (κ3) is 2.88. The van der Waals surface area contributed by atoms with Crippen LogP contribution in [0, 0.1) is 5.92 Å². The number of hydrogen-bond donors (Lipinski definition) is 0. The van der Waals surface area contributed by atoms with E-state index in [0.717, 1.165) is 0 Å². The third-order valence-electron chi connectivity index (χ3n) is 6.40. The van der Waals surface area contributed by atoms with E-state index >= 15 is 0 Å². The Kier molecular flexibility index (Phi) is 4.44. The predicted molar refractivity (Wildman–Crippen MR) is 113 cm³/mol. The molecule has 0 nitrogen and oxygen atoms in total. The van der Waals surface area contributed by atoms with Gasteiger partial charge in [-0.15, -0.1) is 0 Å². The minimum Gasteiger partial charge on any atom is -0.0659 e. The van der Waals surface area contributed by atoms with E-state index in [0.29, 0.717) is 11.8 Å². The van der Waals surface area contributed by atoms with E-state index in [1.807, 2.05) is 0 Å². The van der Waals surface area contributed by atoms with Crippen molar-refractivity contribution in [1.29, 1.82) is 0 Å². The van der Waals surface area contributed by atoms with Crippen LogP contribution in [0.2, 0.25) is 0 Å². The molecule has 0 radical (unpaired) electrons. The minimum atomic E-state index is 0.565. The van der Waals surface area contributed by atoms with Gasteiger partial charge >= 0.3 is 0 Å². The summed E-state index contributed by atoms with van der Waals surface area (Å²) in [6.45, 7) is 9.17. The summed E-state index contributed by atoms with van der Waals surface area (Å²) in [7, 11) is 0. The number of fused-ring (bicyclic) bond motifs is 1. The highest BCUT2D eigenvalue weighted by Crippen LogP contribution is 2.45. The molecule has 0 heteroatoms. The van der Waals surface area contributed by atoms with Crippen LogP contribution in [0.4, 0.5) is 0 Å². The van der Waals surface area contributed by atoms with Gasteiger partial charge in [-0.3, -0.25) is 0 Å². The van der Waals surface area contributed by atoms with E-state index in [-0.39, 0.29) is 0 Å². The first kappa shape index (κ1) is 17.1. The SMILES string of the molecule is CC1=CC(C)=C(C)C1CCC1C(C)=Cc2c(-c3ccccc3)cccc21. The molecular weight excluding hydrogens is 312 g/mol. The average molecular weight is 341 g/mol. The second kappa shape index (κ2) is 6.76. The zero-order chi connectivity index (χ0) is 18.3. The highest BCUT2D eigenvalue weighted by atomic mass is 14.3. The molecular formula is C26H28. The summed E-state index contributed by atoms with van der Waals surface area (Å²) in [6.07, 6.45) is 7.27. The Hall–Kier alpha value is -2.34. The lowest BCUT2D eigenvalue weighted by Gasteiger charge is -2.20. The van der Waals surface area contributed by atoms with Gasteiger partial charge in [0.05, 0.1) is 0 Å². The monoisotopic (exact) mass is 340 g/mol. The summed E-state index contributed by atoms with van der Waals surface area (Å²) in [5.74, 6) is 1.21. The van der Waals surface area contributed by atoms with Gasteiger partial charge in [0.15, 0.2) is 0 Å². The fraction of sp³-hybridized carbons (Fsp3) is 0.308. The van der Waals surface area contributed by atoms with E-state index in [1.165, 1.54) is 51.8 Å². The third-order valence-corrected chi connectivity index (χ3v) is 6.40. The van der Waals surface area contributed by atoms with Crippen LogP contribution in [0.25, 0.3) is 17.2 Å². The van der Waals surface area contributed by atoms with Gasteiger partial charge in [-0.25, -0.2) is 0 Å². The molecule has 132 valence electrons. The first-order valence-electron chi connectivity index (χ1n) is 9.78. The quantitative estimate of drug-likeness (QED) is 0.539. The summed E-state index contributed by atoms with van der Waals surface area (Å²) in [4.78, 5) is 0. The Bertz CT molecular complexity index is 922. The molecule has 0 saturated carbocycles. The Morgan fingerprint density at radius 1 is 0.692 bits per heavy atom. The molecule has 2 aliphatic carbocycles. The van der Waals surface area contributed by atoms with Crippen LogP contribution in [0.3, 0.4) is 0 Å². The van der Waals surface area contributed by atoms with Crippen molar-refractivity contribution in [2.75, 3.05) is 0 Å². The van der Waals surface area contributed by atoms with Crippen LogP contribution in [0.15, 0.2) is 76.9 Å². The Balaban J connectivity index is 1.61. The summed E-state index contributed by atoms with van der Waals surface area (Å²) in [5, 5.41) is 0. The van der Waals surface area contributed by atoms with Crippen LogP contribution in [0.5, 0.6) is 0 Å². The molecule has 0 bridgehead atoms. The van der Waals surface area contributed by atoms with Gasteiger partial charge in [0.1, 0.15) is 0 Å². The molecule has 0 N–H and O–H groups in total. The fourth-order valence-electron chi connectivity index (χ4n) is 4.82. The maximum atomic E-state index is 2.42. The Labute approximate surface area is 158 Å². The van der Waals surface area contributed by atoms with Gasteiger partial charge in [-0.1, -0.05) is 83.0 Å². The normalized spacial score (nSPS) is 21.7. The summed E-state index contributed by atoms with van der Waals surface area (Å²) < 4.78 is 0. The van der Waals surface area contributed by atoms with Crippen molar-refractivity contribution in [3.8, 4) is 11.1 Å². The van der Waals surface area contributed by atoms with Crippen molar-refractivity contribution in [3.05, 3.63) is 88.0 Å². The summed E-state index contributed by atoms with van der Waals surface area (Å²) in [5.41, 5.74) is 11.7. The molecule has 2 aromatic rings. The molecule has 0 aliphatic heterocycles. The van der Waals surface area contributed by atoms with Crippen molar-refractivity contribution in [3.63, 3.8) is 0 Å². The number of rotatable bonds is 4. The zero-order valence-electron chi connectivity index (χ0n) is 16.3. The van der Waals surface area contributed by atoms with E-state index in [2.05, 4.69) is 88.4 Å². The van der Waals surface area contributed by atoms with E-state index in [4.69, 9.17) is 0 Å². The first-order valence-corrected chi connectivity index (χ1v) is 9.78. The number of allylic oxidation sites excluding steroid dienone is 5. The van der Waals surface area contributed by atoms with Crippen LogP contribution in [-0.2, 0) is 0 Å². The number of benzene rings is 2. The first-order chi connectivity index (χ1) is 12.6. The second-order valence-corrected chi connectivity index (χ2v) is 8.00. The fourth-order valence-corrected chi connectivity index (χ4v) is 4.82. The highest BCUT2D eigenvalue weighted by Gasteiger charge is 2.27. The van der Waals surface area contributed by atoms with Crippen molar-refractivity contribution < 1.29 is 0 Å². The summed E-state index contributed by atoms with van der Waals surface area (Å²) in [6, 6.07) is 17.6. The van der Waals surface area contributed by atoms with Crippen molar-refractivity contribution in [1.82, 2.24) is 0 Å². The smallest absolute Gasteiger partial charge is 0.00552 e. The van der Waals surface area contributed by atoms with Gasteiger partial charge in [-0.2, -0.15) is 0 Å². The van der Waals surface area contributed by atoms with Crippen LogP contribution in [-0.4, -0.2) is 0 Å². The maximum Gasteiger partial charge on any atom is 0.00552 e. The van der Waals surface area contributed by atoms with Crippen molar-refractivity contribution >= 4 is 6.08 Å². The lowest BCUT2D eigenvalue weighted by molar-refractivity contribution is 0.571. The molecule has 0 aromatic heterocycles. The minimum absolute atomic E-state index is 0.565. The molecule has 0 fully saturated rings. The second-order valence-electron chi connectivity index (χ2n) is 8.00. The summed E-state index contributed by atoms with van der Waals surface area (Å²) >= 11 is 0. The molecule has 0 spiro atoms. The van der Waals surface area contributed by atoms with E-state index in [1.54, 1.807) is 5.57 Å². The molecule has 0 saturated heterocycles. The maximum absolute atomic E-state index is 2.42. The molecule has 26 heavy (non-hydrogen) atoms. The molecule has 0 amide bonds. The van der Waals surface area contributed by atoms with Gasteiger partial charge < -0.3 is 0 Å². The van der Waals surface area contributed by atoms with Crippen LogP contribution in [0.1, 0.15) is 57.6 Å². The largest absolute Gasteiger partial charge is 0.0659 e. The molecule has 4 rings (SSSR count). The topological polar surface area (TPSA) is 0 Å². The Morgan fingerprint density at radius 3 is 2.08 bits per heavy atom. The molecule has 2 aliphatic rings. The van der Waals surface area contributed by atoms with Gasteiger partial charge in [0, 0.05) is 11.8 Å². The van der Waals surface area contributed by atoms with Crippen molar-refractivity contribution in [2.24, 2.45) is 5.92 Å². The molecule has 2 atom stereocenters. The highest BCUT2D eigenvalue weighted by molar-refractivity contribution is 5.81. The van der Waals surface area contributed by atoms with Gasteiger partial charge in [0.25, 0.3) is 0 Å². The lowest BCUT2D eigenvalue weighted by atomic mass is 9.84. The molecule has 2 unspecified atom stereocenters. The van der Waals surface area contributed by atoms with Crippen LogP contribution >= 0.6 is 0 Å². The van der Waals surface area contributed by atoms with Crippen molar-refractivity contribution in [2.45, 2.75) is 46.5 Å². The number of hydrogen-bond acceptors (Lipinski definition) is 0. The zero-order valence-corrected chi connectivity index (χ0v) is 16.3. The standard InChI is InChI=1S/C26H28/c1-17-15-18(2)22(20(17)4)13-14-23-19(3)16-26-24(11-8-12-25(23)26)21-9-6-5-7-10-21/h5-12,15-16,22-23H,13-14H2,1-4H3. The Morgan fingerprint density at radius 2 is 1.38 bits per heavy atom. The van der Waals surface area contributed by atoms with Gasteiger partial charge in [0.2, 0.25) is 0 Å². The molecule has 2 aromatic carbocycles. The lowest BCUT2D eigenvalue weighted by Crippen LogP contribution is -2.05. The van der Waals surface area contributed by atoms with Crippen LogP contribution < -0.4 is 0 Å². The average Bonchev–Trinajstić information content (AvgIpc) is 3.09. The van der Waals surface area contributed by atoms with E-state index in [9.17, 15) is 0 Å².